The molecule has 5 heteroatoms. The van der Waals surface area contributed by atoms with Crippen molar-refractivity contribution in [2.24, 2.45) is 0 Å². The third-order valence-corrected chi connectivity index (χ3v) is 3.81. The highest BCUT2D eigenvalue weighted by molar-refractivity contribution is 5.92. The number of unbranched alkanes of at least 4 members (excludes halogenated alkanes) is 7. The van der Waals surface area contributed by atoms with Crippen LogP contribution in [0.2, 0.25) is 0 Å². The van der Waals surface area contributed by atoms with E-state index < -0.39 is 5.97 Å². The van der Waals surface area contributed by atoms with E-state index in [9.17, 15) is 4.79 Å². The van der Waals surface area contributed by atoms with Crippen LogP contribution < -0.4 is 5.73 Å². The normalized spacial score (nSPS) is 10.8. The zero-order valence-corrected chi connectivity index (χ0v) is 13.7. The fourth-order valence-electron chi connectivity index (χ4n) is 2.51. The smallest absolute Gasteiger partial charge is 0.360 e. The van der Waals surface area contributed by atoms with Gasteiger partial charge in [0.1, 0.15) is 11.6 Å². The number of hydrogen-bond donors (Lipinski definition) is 1. The van der Waals surface area contributed by atoms with Gasteiger partial charge in [0.2, 0.25) is 0 Å². The summed E-state index contributed by atoms with van der Waals surface area (Å²) in [5.74, 6) is 0.725. The lowest BCUT2D eigenvalue weighted by molar-refractivity contribution is 0.0595. The maximum Gasteiger partial charge on any atom is 0.360 e. The SMILES string of the molecule is CCCCCCCCCCn1c(C)nc(C(=O)OC)c1N. The number of ether oxygens (including phenoxy) is 1. The maximum atomic E-state index is 11.5. The van der Waals surface area contributed by atoms with Crippen LogP contribution in [-0.2, 0) is 11.3 Å². The van der Waals surface area contributed by atoms with Gasteiger partial charge in [0.15, 0.2) is 5.69 Å². The first-order chi connectivity index (χ1) is 10.1. The summed E-state index contributed by atoms with van der Waals surface area (Å²) in [4.78, 5) is 15.7. The number of anilines is 1. The Morgan fingerprint density at radius 2 is 1.71 bits per heavy atom. The molecule has 1 rings (SSSR count). The fraction of sp³-hybridized carbons (Fsp3) is 0.750. The average molecular weight is 295 g/mol. The van der Waals surface area contributed by atoms with Crippen molar-refractivity contribution in [2.45, 2.75) is 71.8 Å². The molecule has 0 spiro atoms. The molecule has 120 valence electrons. The molecule has 1 aromatic heterocycles. The minimum absolute atomic E-state index is 0.231. The fourth-order valence-corrected chi connectivity index (χ4v) is 2.51. The Hall–Kier alpha value is -1.52. The molecule has 2 N–H and O–H groups in total. The molecule has 0 aromatic carbocycles. The molecule has 0 bridgehead atoms. The molecule has 0 aliphatic heterocycles. The molecule has 0 fully saturated rings. The van der Waals surface area contributed by atoms with Crippen molar-refractivity contribution in [3.05, 3.63) is 11.5 Å². The summed E-state index contributed by atoms with van der Waals surface area (Å²) in [5, 5.41) is 0. The molecule has 0 saturated carbocycles. The van der Waals surface area contributed by atoms with E-state index in [2.05, 4.69) is 16.6 Å². The molecular weight excluding hydrogens is 266 g/mol. The van der Waals surface area contributed by atoms with E-state index in [1.165, 1.54) is 52.1 Å². The van der Waals surface area contributed by atoms with Crippen LogP contribution in [-0.4, -0.2) is 22.6 Å². The first-order valence-electron chi connectivity index (χ1n) is 8.02. The first-order valence-corrected chi connectivity index (χ1v) is 8.02. The average Bonchev–Trinajstić information content (AvgIpc) is 2.76. The van der Waals surface area contributed by atoms with Gasteiger partial charge >= 0.3 is 5.97 Å². The van der Waals surface area contributed by atoms with Crippen LogP contribution in [0.3, 0.4) is 0 Å². The Morgan fingerprint density at radius 1 is 1.14 bits per heavy atom. The lowest BCUT2D eigenvalue weighted by Crippen LogP contribution is -2.09. The van der Waals surface area contributed by atoms with Gasteiger partial charge in [-0.05, 0) is 13.3 Å². The van der Waals surface area contributed by atoms with Gasteiger partial charge in [-0.25, -0.2) is 9.78 Å². The number of nitrogen functional groups attached to an aromatic ring is 1. The topological polar surface area (TPSA) is 70.1 Å². The summed E-state index contributed by atoms with van der Waals surface area (Å²) < 4.78 is 6.59. The third kappa shape index (κ3) is 5.40. The largest absolute Gasteiger partial charge is 0.464 e. The van der Waals surface area contributed by atoms with Crippen molar-refractivity contribution in [3.63, 3.8) is 0 Å². The zero-order chi connectivity index (χ0) is 15.7. The number of nitrogens with two attached hydrogens (primary N) is 1. The molecule has 0 unspecified atom stereocenters. The molecule has 0 atom stereocenters. The van der Waals surface area contributed by atoms with Gasteiger partial charge in [0, 0.05) is 6.54 Å². The number of carbonyl (C=O) groups excluding carboxylic acids is 1. The lowest BCUT2D eigenvalue weighted by Gasteiger charge is -2.07. The molecule has 21 heavy (non-hydrogen) atoms. The highest BCUT2D eigenvalue weighted by atomic mass is 16.5. The molecule has 1 heterocycles. The van der Waals surface area contributed by atoms with Crippen molar-refractivity contribution < 1.29 is 9.53 Å². The van der Waals surface area contributed by atoms with Gasteiger partial charge in [-0.15, -0.1) is 0 Å². The van der Waals surface area contributed by atoms with E-state index in [1.54, 1.807) is 0 Å². The highest BCUT2D eigenvalue weighted by Crippen LogP contribution is 2.17. The van der Waals surface area contributed by atoms with Gasteiger partial charge < -0.3 is 15.0 Å². The van der Waals surface area contributed by atoms with Crippen LogP contribution in [0.15, 0.2) is 0 Å². The van der Waals surface area contributed by atoms with Gasteiger partial charge in [-0.3, -0.25) is 0 Å². The Morgan fingerprint density at radius 3 is 2.29 bits per heavy atom. The van der Waals surface area contributed by atoms with Crippen LogP contribution in [0, 0.1) is 6.92 Å². The van der Waals surface area contributed by atoms with Crippen LogP contribution in [0.5, 0.6) is 0 Å². The molecule has 0 amide bonds. The molecule has 0 aliphatic carbocycles. The number of aryl methyl sites for hydroxylation is 1. The number of methoxy groups -OCH3 is 1. The van der Waals surface area contributed by atoms with Crippen molar-refractivity contribution >= 4 is 11.8 Å². The number of esters is 1. The van der Waals surface area contributed by atoms with Crippen LogP contribution >= 0.6 is 0 Å². The van der Waals surface area contributed by atoms with Crippen LogP contribution in [0.1, 0.15) is 74.6 Å². The van der Waals surface area contributed by atoms with Gasteiger partial charge in [-0.2, -0.15) is 0 Å². The highest BCUT2D eigenvalue weighted by Gasteiger charge is 2.18. The van der Waals surface area contributed by atoms with Gasteiger partial charge in [0.25, 0.3) is 0 Å². The predicted molar refractivity (Wildman–Crippen MR) is 85.3 cm³/mol. The van der Waals surface area contributed by atoms with E-state index >= 15 is 0 Å². The Kier molecular flexibility index (Phi) is 7.87. The second-order valence-electron chi connectivity index (χ2n) is 5.51. The number of carbonyl (C=O) groups is 1. The summed E-state index contributed by atoms with van der Waals surface area (Å²) in [6, 6.07) is 0. The van der Waals surface area contributed by atoms with Crippen molar-refractivity contribution in [1.82, 2.24) is 9.55 Å². The van der Waals surface area contributed by atoms with Crippen molar-refractivity contribution in [1.29, 1.82) is 0 Å². The number of aromatic nitrogens is 2. The number of rotatable bonds is 10. The number of imidazole rings is 1. The summed E-state index contributed by atoms with van der Waals surface area (Å²) in [6.45, 7) is 4.92. The van der Waals surface area contributed by atoms with Crippen molar-refractivity contribution in [3.8, 4) is 0 Å². The molecule has 0 radical (unpaired) electrons. The van der Waals surface area contributed by atoms with E-state index in [1.807, 2.05) is 11.5 Å². The quantitative estimate of drug-likeness (QED) is 0.528. The number of hydrogen-bond acceptors (Lipinski definition) is 4. The van der Waals surface area contributed by atoms with E-state index in [-0.39, 0.29) is 5.69 Å². The summed E-state index contributed by atoms with van der Waals surface area (Å²) >= 11 is 0. The predicted octanol–water partition coefficient (Wildman–Crippen LogP) is 3.70. The van der Waals surface area contributed by atoms with Gasteiger partial charge in [0.05, 0.1) is 7.11 Å². The molecule has 5 nitrogen and oxygen atoms in total. The monoisotopic (exact) mass is 295 g/mol. The molecule has 0 aliphatic rings. The maximum absolute atomic E-state index is 11.5. The van der Waals surface area contributed by atoms with Crippen LogP contribution in [0.4, 0.5) is 5.82 Å². The zero-order valence-electron chi connectivity index (χ0n) is 13.7. The second-order valence-corrected chi connectivity index (χ2v) is 5.51. The Balaban J connectivity index is 2.32. The summed E-state index contributed by atoms with van der Waals surface area (Å²) in [5.41, 5.74) is 6.21. The Labute approximate surface area is 127 Å². The molecule has 0 saturated heterocycles. The van der Waals surface area contributed by atoms with E-state index in [4.69, 9.17) is 5.73 Å². The molecule has 1 aromatic rings. The van der Waals surface area contributed by atoms with Crippen molar-refractivity contribution in [2.75, 3.05) is 12.8 Å². The molecular formula is C16H29N3O2. The third-order valence-electron chi connectivity index (χ3n) is 3.81. The lowest BCUT2D eigenvalue weighted by atomic mass is 10.1. The van der Waals surface area contributed by atoms with E-state index in [0.717, 1.165) is 18.8 Å². The Bertz CT molecular complexity index is 441. The summed E-state index contributed by atoms with van der Waals surface area (Å²) in [6.07, 6.45) is 10.2. The standard InChI is InChI=1S/C16H29N3O2/c1-4-5-6-7-8-9-10-11-12-19-13(2)18-14(15(19)17)16(20)21-3/h4-12,17H2,1-3H3. The second kappa shape index (κ2) is 9.42. The first kappa shape index (κ1) is 17.5. The van der Waals surface area contributed by atoms with Gasteiger partial charge in [-0.1, -0.05) is 51.9 Å². The minimum Gasteiger partial charge on any atom is -0.464 e. The van der Waals surface area contributed by atoms with Crippen LogP contribution in [0.25, 0.3) is 0 Å². The minimum atomic E-state index is -0.467. The summed E-state index contributed by atoms with van der Waals surface area (Å²) in [7, 11) is 1.34. The number of nitrogens with zero attached hydrogens (tertiary/aromatic N) is 2. The van der Waals surface area contributed by atoms with E-state index in [0.29, 0.717) is 5.82 Å².